The summed E-state index contributed by atoms with van der Waals surface area (Å²) in [4.78, 5) is 12.2. The smallest absolute Gasteiger partial charge is 0.249 e. The Hall–Kier alpha value is -2.86. The Morgan fingerprint density at radius 1 is 1.23 bits per heavy atom. The summed E-state index contributed by atoms with van der Waals surface area (Å²) in [6, 6.07) is 14.7. The molecule has 0 aliphatic carbocycles. The van der Waals surface area contributed by atoms with Crippen LogP contribution in [0.1, 0.15) is 12.5 Å². The van der Waals surface area contributed by atoms with Crippen LogP contribution in [-0.4, -0.2) is 23.0 Å². The molecular weight excluding hydrogens is 280 g/mol. The topological polar surface area (TPSA) is 102 Å². The molecule has 0 saturated heterocycles. The summed E-state index contributed by atoms with van der Waals surface area (Å²) in [6.45, 7) is 1.59. The Labute approximate surface area is 128 Å². The zero-order valence-corrected chi connectivity index (χ0v) is 12.2. The molecule has 1 atom stereocenters. The van der Waals surface area contributed by atoms with Crippen molar-refractivity contribution >= 4 is 23.1 Å². The van der Waals surface area contributed by atoms with Crippen molar-refractivity contribution in [3.63, 3.8) is 0 Å². The number of nitrogens with zero attached hydrogens (tertiary/aromatic N) is 1. The lowest BCUT2D eigenvalue weighted by Crippen LogP contribution is -2.40. The van der Waals surface area contributed by atoms with E-state index >= 15 is 0 Å². The van der Waals surface area contributed by atoms with Crippen LogP contribution < -0.4 is 16.1 Å². The molecule has 0 heterocycles. The standard InChI is InChI=1S/C16H18N4O2/c1-11(20(22)14-8-3-2-4-9-14)16(21)19-13-7-5-6-12(10-13)15(17)18/h2-11,22H,1H3,(H3,17,18)(H,19,21). The first-order valence-corrected chi connectivity index (χ1v) is 6.77. The molecule has 0 radical (unpaired) electrons. The molecule has 6 heteroatoms. The lowest BCUT2D eigenvalue weighted by Gasteiger charge is -2.23. The monoisotopic (exact) mass is 298 g/mol. The van der Waals surface area contributed by atoms with Gasteiger partial charge in [-0.15, -0.1) is 0 Å². The van der Waals surface area contributed by atoms with Gasteiger partial charge in [-0.05, 0) is 31.2 Å². The normalized spacial score (nSPS) is 11.5. The summed E-state index contributed by atoms with van der Waals surface area (Å²) < 4.78 is 0. The van der Waals surface area contributed by atoms with Crippen molar-refractivity contribution in [2.24, 2.45) is 5.73 Å². The molecule has 0 spiro atoms. The van der Waals surface area contributed by atoms with E-state index < -0.39 is 6.04 Å². The van der Waals surface area contributed by atoms with E-state index in [1.807, 2.05) is 6.07 Å². The Bertz CT molecular complexity index is 673. The highest BCUT2D eigenvalue weighted by molar-refractivity contribution is 5.99. The number of hydroxylamine groups is 1. The van der Waals surface area contributed by atoms with Crippen molar-refractivity contribution in [3.05, 3.63) is 60.2 Å². The first kappa shape index (κ1) is 15.5. The lowest BCUT2D eigenvalue weighted by molar-refractivity contribution is -0.118. The summed E-state index contributed by atoms with van der Waals surface area (Å²) in [5.74, 6) is -0.440. The Balaban J connectivity index is 2.08. The molecule has 0 aromatic heterocycles. The highest BCUT2D eigenvalue weighted by Crippen LogP contribution is 2.16. The number of hydrogen-bond donors (Lipinski definition) is 4. The van der Waals surface area contributed by atoms with Crippen molar-refractivity contribution < 1.29 is 10.0 Å². The highest BCUT2D eigenvalue weighted by atomic mass is 16.5. The molecule has 6 nitrogen and oxygen atoms in total. The maximum Gasteiger partial charge on any atom is 0.249 e. The van der Waals surface area contributed by atoms with E-state index in [2.05, 4.69) is 5.32 Å². The summed E-state index contributed by atoms with van der Waals surface area (Å²) in [5, 5.41) is 21.1. The molecule has 2 aromatic rings. The van der Waals surface area contributed by atoms with Crippen molar-refractivity contribution in [1.82, 2.24) is 0 Å². The summed E-state index contributed by atoms with van der Waals surface area (Å²) in [6.07, 6.45) is 0. The van der Waals surface area contributed by atoms with Crippen LogP contribution in [-0.2, 0) is 4.79 Å². The van der Waals surface area contributed by atoms with Gasteiger partial charge in [-0.3, -0.25) is 15.4 Å². The van der Waals surface area contributed by atoms with Crippen molar-refractivity contribution in [2.45, 2.75) is 13.0 Å². The molecule has 0 bridgehead atoms. The first-order chi connectivity index (χ1) is 10.5. The van der Waals surface area contributed by atoms with Gasteiger partial charge >= 0.3 is 0 Å². The molecular formula is C16H18N4O2. The molecule has 2 aromatic carbocycles. The van der Waals surface area contributed by atoms with E-state index in [0.717, 1.165) is 5.06 Å². The molecule has 114 valence electrons. The quantitative estimate of drug-likeness (QED) is 0.386. The van der Waals surface area contributed by atoms with E-state index in [1.54, 1.807) is 55.5 Å². The average Bonchev–Trinajstić information content (AvgIpc) is 2.54. The third kappa shape index (κ3) is 3.62. The highest BCUT2D eigenvalue weighted by Gasteiger charge is 2.20. The van der Waals surface area contributed by atoms with E-state index in [9.17, 15) is 10.0 Å². The minimum absolute atomic E-state index is 0.0720. The fourth-order valence-electron chi connectivity index (χ4n) is 1.93. The molecule has 1 unspecified atom stereocenters. The second-order valence-electron chi connectivity index (χ2n) is 4.84. The zero-order chi connectivity index (χ0) is 16.1. The van der Waals surface area contributed by atoms with Crippen LogP contribution in [0.5, 0.6) is 0 Å². The molecule has 0 saturated carbocycles. The first-order valence-electron chi connectivity index (χ1n) is 6.77. The largest absolute Gasteiger partial charge is 0.384 e. The van der Waals surface area contributed by atoms with Crippen LogP contribution in [0.4, 0.5) is 11.4 Å². The van der Waals surface area contributed by atoms with Crippen molar-refractivity contribution in [3.8, 4) is 0 Å². The number of hydrogen-bond acceptors (Lipinski definition) is 4. The van der Waals surface area contributed by atoms with Gasteiger partial charge in [-0.25, -0.2) is 5.06 Å². The molecule has 0 aliphatic rings. The number of rotatable bonds is 5. The third-order valence-corrected chi connectivity index (χ3v) is 3.21. The number of amides is 1. The molecule has 5 N–H and O–H groups in total. The zero-order valence-electron chi connectivity index (χ0n) is 12.2. The number of amidine groups is 1. The maximum atomic E-state index is 12.2. The van der Waals surface area contributed by atoms with Gasteiger partial charge in [0.25, 0.3) is 0 Å². The Morgan fingerprint density at radius 2 is 1.91 bits per heavy atom. The predicted octanol–water partition coefficient (Wildman–Crippen LogP) is 2.19. The van der Waals surface area contributed by atoms with Crippen LogP contribution in [0.3, 0.4) is 0 Å². The van der Waals surface area contributed by atoms with Crippen molar-refractivity contribution in [1.29, 1.82) is 5.41 Å². The summed E-state index contributed by atoms with van der Waals surface area (Å²) in [5.41, 5.74) is 6.99. The Morgan fingerprint density at radius 3 is 2.55 bits per heavy atom. The average molecular weight is 298 g/mol. The number of carbonyl (C=O) groups is 1. The number of anilines is 2. The van der Waals surface area contributed by atoms with Gasteiger partial charge in [0, 0.05) is 11.3 Å². The number of nitrogens with one attached hydrogen (secondary N) is 2. The van der Waals surface area contributed by atoms with E-state index in [1.165, 1.54) is 0 Å². The summed E-state index contributed by atoms with van der Waals surface area (Å²) in [7, 11) is 0. The predicted molar refractivity (Wildman–Crippen MR) is 86.3 cm³/mol. The molecule has 1 amide bonds. The molecule has 22 heavy (non-hydrogen) atoms. The van der Waals surface area contributed by atoms with E-state index in [4.69, 9.17) is 11.1 Å². The van der Waals surface area contributed by atoms with Gasteiger partial charge in [0.05, 0.1) is 5.69 Å². The van der Waals surface area contributed by atoms with Crippen LogP contribution in [0.15, 0.2) is 54.6 Å². The third-order valence-electron chi connectivity index (χ3n) is 3.21. The minimum Gasteiger partial charge on any atom is -0.384 e. The molecule has 2 rings (SSSR count). The van der Waals surface area contributed by atoms with Crippen LogP contribution in [0.25, 0.3) is 0 Å². The van der Waals surface area contributed by atoms with Crippen LogP contribution in [0.2, 0.25) is 0 Å². The summed E-state index contributed by atoms with van der Waals surface area (Å²) >= 11 is 0. The molecule has 0 fully saturated rings. The maximum absolute atomic E-state index is 12.2. The van der Waals surface area contributed by atoms with Gasteiger partial charge in [-0.1, -0.05) is 30.3 Å². The number of benzene rings is 2. The second kappa shape index (κ2) is 6.73. The fourth-order valence-corrected chi connectivity index (χ4v) is 1.93. The fraction of sp³-hybridized carbons (Fsp3) is 0.125. The van der Waals surface area contributed by atoms with Gasteiger partial charge in [0.2, 0.25) is 5.91 Å². The number of carbonyl (C=O) groups excluding carboxylic acids is 1. The number of nitrogen functional groups attached to an aromatic ring is 1. The lowest BCUT2D eigenvalue weighted by atomic mass is 10.1. The van der Waals surface area contributed by atoms with Gasteiger partial charge in [-0.2, -0.15) is 0 Å². The molecule has 0 aliphatic heterocycles. The van der Waals surface area contributed by atoms with E-state index in [-0.39, 0.29) is 11.7 Å². The van der Waals surface area contributed by atoms with Crippen LogP contribution >= 0.6 is 0 Å². The number of nitrogens with two attached hydrogens (primary N) is 1. The van der Waals surface area contributed by atoms with Crippen LogP contribution in [0, 0.1) is 5.41 Å². The van der Waals surface area contributed by atoms with Crippen molar-refractivity contribution in [2.75, 3.05) is 10.4 Å². The second-order valence-corrected chi connectivity index (χ2v) is 4.84. The van der Waals surface area contributed by atoms with Gasteiger partial charge < -0.3 is 11.1 Å². The SMILES string of the molecule is CC(C(=O)Nc1cccc(C(=N)N)c1)N(O)c1ccccc1. The van der Waals surface area contributed by atoms with E-state index in [0.29, 0.717) is 16.9 Å². The minimum atomic E-state index is -0.775. The van der Waals surface area contributed by atoms with Gasteiger partial charge in [0.1, 0.15) is 11.9 Å². The van der Waals surface area contributed by atoms with Gasteiger partial charge in [0.15, 0.2) is 0 Å². The number of para-hydroxylation sites is 1. The Kier molecular flexibility index (Phi) is 4.75.